The normalized spacial score (nSPS) is 19.5. The fraction of sp³-hybridized carbons (Fsp3) is 0.400. The highest BCUT2D eigenvalue weighted by atomic mass is 79.9. The van der Waals surface area contributed by atoms with Gasteiger partial charge in [0.25, 0.3) is 0 Å². The van der Waals surface area contributed by atoms with Crippen LogP contribution in [-0.4, -0.2) is 26.5 Å². The van der Waals surface area contributed by atoms with E-state index in [1.807, 2.05) is 24.3 Å². The van der Waals surface area contributed by atoms with Gasteiger partial charge in [0.1, 0.15) is 5.75 Å². The molecule has 0 aromatic heterocycles. The topological polar surface area (TPSA) is 43.4 Å². The minimum atomic E-state index is -2.73. The molecule has 2 rings (SSSR count). The van der Waals surface area contributed by atoms with E-state index in [4.69, 9.17) is 4.74 Å². The Morgan fingerprint density at radius 2 is 1.87 bits per heavy atom. The number of benzene rings is 1. The highest BCUT2D eigenvalue weighted by Crippen LogP contribution is 2.21. The fourth-order valence-corrected chi connectivity index (χ4v) is 3.31. The van der Waals surface area contributed by atoms with Crippen LogP contribution in [0, 0.1) is 5.92 Å². The van der Waals surface area contributed by atoms with E-state index in [1.165, 1.54) is 0 Å². The van der Waals surface area contributed by atoms with Crippen LogP contribution < -0.4 is 4.74 Å². The second-order valence-electron chi connectivity index (χ2n) is 3.71. The molecule has 0 atom stereocenters. The molecule has 82 valence electrons. The van der Waals surface area contributed by atoms with E-state index in [1.54, 1.807) is 0 Å². The molecule has 0 N–H and O–H groups in total. The molecule has 1 heterocycles. The minimum absolute atomic E-state index is 0.165. The number of sulfone groups is 1. The lowest BCUT2D eigenvalue weighted by atomic mass is 10.2. The summed E-state index contributed by atoms with van der Waals surface area (Å²) in [6, 6.07) is 7.51. The van der Waals surface area contributed by atoms with Gasteiger partial charge in [-0.2, -0.15) is 0 Å². The summed E-state index contributed by atoms with van der Waals surface area (Å²) in [5, 5.41) is 0. The summed E-state index contributed by atoms with van der Waals surface area (Å²) in [5.41, 5.74) is 0. The van der Waals surface area contributed by atoms with Gasteiger partial charge in [-0.15, -0.1) is 0 Å². The van der Waals surface area contributed by atoms with Gasteiger partial charge in [0.05, 0.1) is 18.1 Å². The van der Waals surface area contributed by atoms with E-state index >= 15 is 0 Å². The quantitative estimate of drug-likeness (QED) is 0.854. The van der Waals surface area contributed by atoms with Gasteiger partial charge in [-0.1, -0.05) is 15.9 Å². The monoisotopic (exact) mass is 290 g/mol. The van der Waals surface area contributed by atoms with Crippen molar-refractivity contribution < 1.29 is 13.2 Å². The van der Waals surface area contributed by atoms with E-state index in [0.29, 0.717) is 6.61 Å². The summed E-state index contributed by atoms with van der Waals surface area (Å²) in [4.78, 5) is 0. The zero-order chi connectivity index (χ0) is 10.9. The first-order chi connectivity index (χ1) is 7.05. The Balaban J connectivity index is 1.82. The van der Waals surface area contributed by atoms with E-state index in [2.05, 4.69) is 15.9 Å². The Morgan fingerprint density at radius 3 is 2.40 bits per heavy atom. The van der Waals surface area contributed by atoms with Crippen molar-refractivity contribution in [2.24, 2.45) is 5.92 Å². The van der Waals surface area contributed by atoms with Gasteiger partial charge in [0.2, 0.25) is 0 Å². The van der Waals surface area contributed by atoms with Gasteiger partial charge >= 0.3 is 0 Å². The average molecular weight is 291 g/mol. The standard InChI is InChI=1S/C10H11BrO3S/c11-9-1-3-10(4-2-9)14-5-8-6-15(12,13)7-8/h1-4,8H,5-7H2. The zero-order valence-electron chi connectivity index (χ0n) is 8.02. The zero-order valence-corrected chi connectivity index (χ0v) is 10.4. The average Bonchev–Trinajstić information content (AvgIpc) is 2.14. The number of hydrogen-bond acceptors (Lipinski definition) is 3. The van der Waals surface area contributed by atoms with Gasteiger partial charge in [0.15, 0.2) is 9.84 Å². The number of hydrogen-bond donors (Lipinski definition) is 0. The molecule has 1 aliphatic heterocycles. The fourth-order valence-electron chi connectivity index (χ4n) is 1.51. The van der Waals surface area contributed by atoms with E-state index in [-0.39, 0.29) is 17.4 Å². The maximum atomic E-state index is 10.9. The van der Waals surface area contributed by atoms with E-state index in [0.717, 1.165) is 10.2 Å². The summed E-state index contributed by atoms with van der Waals surface area (Å²) in [6.45, 7) is 0.487. The Morgan fingerprint density at radius 1 is 1.27 bits per heavy atom. The molecule has 1 aliphatic rings. The van der Waals surface area contributed by atoms with Gasteiger partial charge in [0, 0.05) is 10.4 Å². The molecule has 3 nitrogen and oxygen atoms in total. The third-order valence-corrected chi connectivity index (χ3v) is 4.77. The lowest BCUT2D eigenvalue weighted by Gasteiger charge is -2.25. The highest BCUT2D eigenvalue weighted by molar-refractivity contribution is 9.10. The van der Waals surface area contributed by atoms with Crippen LogP contribution in [0.5, 0.6) is 5.75 Å². The van der Waals surface area contributed by atoms with Gasteiger partial charge < -0.3 is 4.74 Å². The van der Waals surface area contributed by atoms with Crippen LogP contribution >= 0.6 is 15.9 Å². The van der Waals surface area contributed by atoms with Crippen LogP contribution in [0.25, 0.3) is 0 Å². The van der Waals surface area contributed by atoms with Gasteiger partial charge in [-0.05, 0) is 24.3 Å². The van der Waals surface area contributed by atoms with Crippen LogP contribution in [-0.2, 0) is 9.84 Å². The van der Waals surface area contributed by atoms with Crippen molar-refractivity contribution >= 4 is 25.8 Å². The summed E-state index contributed by atoms with van der Waals surface area (Å²) in [7, 11) is -2.73. The lowest BCUT2D eigenvalue weighted by Crippen LogP contribution is -2.39. The molecule has 5 heteroatoms. The maximum absolute atomic E-state index is 10.9. The van der Waals surface area contributed by atoms with Crippen molar-refractivity contribution in [3.05, 3.63) is 28.7 Å². The number of ether oxygens (including phenoxy) is 1. The molecule has 0 amide bonds. The van der Waals surface area contributed by atoms with Crippen LogP contribution in [0.2, 0.25) is 0 Å². The lowest BCUT2D eigenvalue weighted by molar-refractivity contribution is 0.263. The predicted molar refractivity (Wildman–Crippen MR) is 61.8 cm³/mol. The van der Waals surface area contributed by atoms with Crippen molar-refractivity contribution in [3.8, 4) is 5.75 Å². The summed E-state index contributed by atoms with van der Waals surface area (Å²) >= 11 is 3.33. The second-order valence-corrected chi connectivity index (χ2v) is 6.78. The first kappa shape index (κ1) is 11.0. The van der Waals surface area contributed by atoms with Crippen LogP contribution in [0.15, 0.2) is 28.7 Å². The molecule has 0 radical (unpaired) electrons. The van der Waals surface area contributed by atoms with Crippen LogP contribution in [0.1, 0.15) is 0 Å². The van der Waals surface area contributed by atoms with Crippen LogP contribution in [0.4, 0.5) is 0 Å². The van der Waals surface area contributed by atoms with Crippen molar-refractivity contribution in [1.82, 2.24) is 0 Å². The Labute approximate surface area is 97.5 Å². The molecular formula is C10H11BrO3S. The second kappa shape index (κ2) is 4.14. The molecule has 1 aromatic carbocycles. The van der Waals surface area contributed by atoms with Crippen molar-refractivity contribution in [1.29, 1.82) is 0 Å². The molecule has 0 spiro atoms. The molecule has 1 saturated heterocycles. The SMILES string of the molecule is O=S1(=O)CC(COc2ccc(Br)cc2)C1. The third kappa shape index (κ3) is 2.95. The molecule has 0 aliphatic carbocycles. The van der Waals surface area contributed by atoms with Gasteiger partial charge in [-0.3, -0.25) is 0 Å². The maximum Gasteiger partial charge on any atom is 0.151 e. The smallest absolute Gasteiger partial charge is 0.151 e. The van der Waals surface area contributed by atoms with Crippen molar-refractivity contribution in [3.63, 3.8) is 0 Å². The van der Waals surface area contributed by atoms with E-state index in [9.17, 15) is 8.42 Å². The largest absolute Gasteiger partial charge is 0.493 e. The molecule has 0 bridgehead atoms. The summed E-state index contributed by atoms with van der Waals surface area (Å²) < 4.78 is 28.3. The highest BCUT2D eigenvalue weighted by Gasteiger charge is 2.33. The minimum Gasteiger partial charge on any atom is -0.493 e. The summed E-state index contributed by atoms with van der Waals surface area (Å²) in [6.07, 6.45) is 0. The molecule has 1 aromatic rings. The first-order valence-electron chi connectivity index (χ1n) is 4.64. The Hall–Kier alpha value is -0.550. The number of halogens is 1. The third-order valence-electron chi connectivity index (χ3n) is 2.28. The predicted octanol–water partition coefficient (Wildman–Crippen LogP) is 1.87. The molecule has 0 saturated carbocycles. The first-order valence-corrected chi connectivity index (χ1v) is 7.25. The van der Waals surface area contributed by atoms with Crippen LogP contribution in [0.3, 0.4) is 0 Å². The molecule has 1 fully saturated rings. The van der Waals surface area contributed by atoms with Crippen molar-refractivity contribution in [2.45, 2.75) is 0 Å². The molecule has 0 unspecified atom stereocenters. The summed E-state index contributed by atoms with van der Waals surface area (Å²) in [5.74, 6) is 1.48. The molecule has 15 heavy (non-hydrogen) atoms. The van der Waals surface area contributed by atoms with E-state index < -0.39 is 9.84 Å². The Kier molecular flexibility index (Phi) is 3.02. The van der Waals surface area contributed by atoms with Crippen molar-refractivity contribution in [2.75, 3.05) is 18.1 Å². The number of rotatable bonds is 3. The van der Waals surface area contributed by atoms with Gasteiger partial charge in [-0.25, -0.2) is 8.42 Å². The molecular weight excluding hydrogens is 280 g/mol. The Bertz CT molecular complexity index is 426.